The number of rotatable bonds is 10. The molecule has 1 fully saturated rings. The lowest BCUT2D eigenvalue weighted by Crippen LogP contribution is -2.39. The number of ether oxygens (including phenoxy) is 1. The average molecular weight is 545 g/mol. The van der Waals surface area contributed by atoms with Gasteiger partial charge in [-0.15, -0.1) is 0 Å². The largest absolute Gasteiger partial charge is 0.379 e. The van der Waals surface area contributed by atoms with E-state index in [4.69, 9.17) is 9.72 Å². The number of carbonyl (C=O) groups excluding carboxylic acids is 1. The molecule has 1 aromatic heterocycles. The van der Waals surface area contributed by atoms with Crippen LogP contribution < -0.4 is 4.90 Å². The highest BCUT2D eigenvalue weighted by molar-refractivity contribution is 7.89. The maximum absolute atomic E-state index is 13.8. The number of amides is 1. The van der Waals surface area contributed by atoms with Crippen molar-refractivity contribution < 1.29 is 17.9 Å². The molecule has 1 saturated heterocycles. The van der Waals surface area contributed by atoms with Crippen LogP contribution in [-0.4, -0.2) is 81.0 Å². The van der Waals surface area contributed by atoms with E-state index in [0.29, 0.717) is 30.3 Å². The minimum atomic E-state index is -3.59. The number of thiazole rings is 1. The van der Waals surface area contributed by atoms with Crippen molar-refractivity contribution in [3.05, 3.63) is 53.1 Å². The summed E-state index contributed by atoms with van der Waals surface area (Å²) in [6, 6.07) is 10.4. The minimum absolute atomic E-state index is 0.179. The van der Waals surface area contributed by atoms with Gasteiger partial charge in [-0.1, -0.05) is 31.3 Å². The molecule has 0 aliphatic carbocycles. The zero-order chi connectivity index (χ0) is 26.6. The molecule has 0 spiro atoms. The molecular weight excluding hydrogens is 508 g/mol. The molecule has 200 valence electrons. The van der Waals surface area contributed by atoms with Gasteiger partial charge < -0.3 is 4.74 Å². The van der Waals surface area contributed by atoms with Crippen molar-refractivity contribution in [1.29, 1.82) is 0 Å². The van der Waals surface area contributed by atoms with Gasteiger partial charge in [-0.25, -0.2) is 13.4 Å². The zero-order valence-corrected chi connectivity index (χ0v) is 23.7. The maximum atomic E-state index is 13.8. The van der Waals surface area contributed by atoms with E-state index in [1.807, 2.05) is 13.8 Å². The Morgan fingerprint density at radius 2 is 1.73 bits per heavy atom. The van der Waals surface area contributed by atoms with E-state index in [1.165, 1.54) is 33.3 Å². The number of aromatic nitrogens is 1. The Bertz CT molecular complexity index is 1330. The Labute approximate surface area is 223 Å². The third-order valence-corrected chi connectivity index (χ3v) is 10.1. The lowest BCUT2D eigenvalue weighted by atomic mass is 10.1. The molecular formula is C27H36N4O4S2. The SMILES string of the molecule is CCN(CC)S(=O)(=O)c1ccc(C(=O)N(CCCN2CCOCC2)c2nc3c(C)c(C)ccc3s2)cc1. The van der Waals surface area contributed by atoms with Crippen LogP contribution in [0.1, 0.15) is 41.8 Å². The van der Waals surface area contributed by atoms with Crippen molar-refractivity contribution in [3.63, 3.8) is 0 Å². The molecule has 0 unspecified atom stereocenters. The third-order valence-electron chi connectivity index (χ3n) is 6.95. The van der Waals surface area contributed by atoms with E-state index in [2.05, 4.69) is 30.9 Å². The molecule has 0 radical (unpaired) electrons. The van der Waals surface area contributed by atoms with Gasteiger partial charge in [0.2, 0.25) is 10.0 Å². The van der Waals surface area contributed by atoms with Gasteiger partial charge in [0, 0.05) is 44.8 Å². The quantitative estimate of drug-likeness (QED) is 0.378. The van der Waals surface area contributed by atoms with Crippen LogP contribution in [0, 0.1) is 13.8 Å². The molecule has 0 N–H and O–H groups in total. The van der Waals surface area contributed by atoms with Gasteiger partial charge in [0.25, 0.3) is 5.91 Å². The van der Waals surface area contributed by atoms with Crippen molar-refractivity contribution >= 4 is 42.6 Å². The number of morpholine rings is 1. The fourth-order valence-corrected chi connectivity index (χ4v) is 7.04. The molecule has 3 aromatic rings. The monoisotopic (exact) mass is 544 g/mol. The van der Waals surface area contributed by atoms with E-state index in [9.17, 15) is 13.2 Å². The van der Waals surface area contributed by atoms with Crippen LogP contribution in [0.25, 0.3) is 10.2 Å². The van der Waals surface area contributed by atoms with E-state index in [-0.39, 0.29) is 10.8 Å². The molecule has 8 nitrogen and oxygen atoms in total. The first-order valence-electron chi connectivity index (χ1n) is 12.8. The van der Waals surface area contributed by atoms with Gasteiger partial charge >= 0.3 is 0 Å². The molecule has 0 atom stereocenters. The second-order valence-electron chi connectivity index (χ2n) is 9.23. The van der Waals surface area contributed by atoms with E-state index < -0.39 is 10.0 Å². The molecule has 2 aromatic carbocycles. The molecule has 1 aliphatic heterocycles. The number of anilines is 1. The zero-order valence-electron chi connectivity index (χ0n) is 22.1. The molecule has 4 rings (SSSR count). The summed E-state index contributed by atoms with van der Waals surface area (Å²) in [5.41, 5.74) is 3.65. The van der Waals surface area contributed by atoms with E-state index >= 15 is 0 Å². The molecule has 2 heterocycles. The van der Waals surface area contributed by atoms with Gasteiger partial charge in [0.05, 0.1) is 28.3 Å². The third kappa shape index (κ3) is 6.04. The van der Waals surface area contributed by atoms with Crippen LogP contribution in [0.2, 0.25) is 0 Å². The number of carbonyl (C=O) groups is 1. The highest BCUT2D eigenvalue weighted by atomic mass is 32.2. The Balaban J connectivity index is 1.61. The number of benzene rings is 2. The number of aryl methyl sites for hydroxylation is 2. The maximum Gasteiger partial charge on any atom is 0.260 e. The topological polar surface area (TPSA) is 83.1 Å². The number of fused-ring (bicyclic) bond motifs is 1. The summed E-state index contributed by atoms with van der Waals surface area (Å²) >= 11 is 1.51. The first-order chi connectivity index (χ1) is 17.8. The predicted octanol–water partition coefficient (Wildman–Crippen LogP) is 4.31. The molecule has 10 heteroatoms. The normalized spacial score (nSPS) is 14.9. The fraction of sp³-hybridized carbons (Fsp3) is 0.481. The smallest absolute Gasteiger partial charge is 0.260 e. The predicted molar refractivity (Wildman–Crippen MR) is 149 cm³/mol. The van der Waals surface area contributed by atoms with Crippen LogP contribution in [0.3, 0.4) is 0 Å². The highest BCUT2D eigenvalue weighted by Crippen LogP contribution is 2.33. The lowest BCUT2D eigenvalue weighted by molar-refractivity contribution is 0.0376. The van der Waals surface area contributed by atoms with Crippen LogP contribution >= 0.6 is 11.3 Å². The standard InChI is InChI=1S/C27H36N4O4S2/c1-5-30(6-2)37(33,34)23-11-9-22(10-12-23)26(32)31(15-7-14-29-16-18-35-19-17-29)27-28-25-21(4)20(3)8-13-24(25)36-27/h8-13H,5-7,14-19H2,1-4H3. The van der Waals surface area contributed by atoms with Crippen molar-refractivity contribution in [2.24, 2.45) is 0 Å². The first-order valence-corrected chi connectivity index (χ1v) is 15.1. The molecule has 1 aliphatic rings. The Kier molecular flexibility index (Phi) is 8.97. The lowest BCUT2D eigenvalue weighted by Gasteiger charge is -2.27. The second kappa shape index (κ2) is 12.0. The summed E-state index contributed by atoms with van der Waals surface area (Å²) in [6.07, 6.45) is 0.800. The van der Waals surface area contributed by atoms with Gasteiger partial charge in [0.15, 0.2) is 5.13 Å². The van der Waals surface area contributed by atoms with Gasteiger partial charge in [-0.05, 0) is 61.7 Å². The van der Waals surface area contributed by atoms with E-state index in [0.717, 1.165) is 55.0 Å². The molecule has 0 saturated carbocycles. The number of nitrogens with zero attached hydrogens (tertiary/aromatic N) is 4. The summed E-state index contributed by atoms with van der Waals surface area (Å²) in [5.74, 6) is -0.179. The number of sulfonamides is 1. The molecule has 37 heavy (non-hydrogen) atoms. The number of hydrogen-bond donors (Lipinski definition) is 0. The van der Waals surface area contributed by atoms with Crippen LogP contribution in [-0.2, 0) is 14.8 Å². The van der Waals surface area contributed by atoms with Crippen molar-refractivity contribution in [2.45, 2.75) is 39.0 Å². The molecule has 0 bridgehead atoms. The highest BCUT2D eigenvalue weighted by Gasteiger charge is 2.25. The van der Waals surface area contributed by atoms with Crippen molar-refractivity contribution in [1.82, 2.24) is 14.2 Å². The van der Waals surface area contributed by atoms with Crippen molar-refractivity contribution in [2.75, 3.05) is 57.4 Å². The first kappa shape index (κ1) is 27.7. The number of hydrogen-bond acceptors (Lipinski definition) is 7. The summed E-state index contributed by atoms with van der Waals surface area (Å²) in [4.78, 5) is 22.9. The summed E-state index contributed by atoms with van der Waals surface area (Å²) in [7, 11) is -3.59. The van der Waals surface area contributed by atoms with Crippen LogP contribution in [0.15, 0.2) is 41.3 Å². The summed E-state index contributed by atoms with van der Waals surface area (Å²) in [5, 5.41) is 0.663. The Morgan fingerprint density at radius 3 is 2.38 bits per heavy atom. The second-order valence-corrected chi connectivity index (χ2v) is 12.2. The summed E-state index contributed by atoms with van der Waals surface area (Å²) in [6.45, 7) is 13.2. The van der Waals surface area contributed by atoms with Gasteiger partial charge in [-0.2, -0.15) is 4.31 Å². The minimum Gasteiger partial charge on any atom is -0.379 e. The van der Waals surface area contributed by atoms with Crippen LogP contribution in [0.5, 0.6) is 0 Å². The Hall–Kier alpha value is -2.37. The van der Waals surface area contributed by atoms with Crippen molar-refractivity contribution in [3.8, 4) is 0 Å². The van der Waals surface area contributed by atoms with E-state index in [1.54, 1.807) is 17.0 Å². The van der Waals surface area contributed by atoms with Crippen LogP contribution in [0.4, 0.5) is 5.13 Å². The Morgan fingerprint density at radius 1 is 1.05 bits per heavy atom. The van der Waals surface area contributed by atoms with Gasteiger partial charge in [0.1, 0.15) is 0 Å². The fourth-order valence-electron chi connectivity index (χ4n) is 4.53. The molecule has 1 amide bonds. The average Bonchev–Trinajstić information content (AvgIpc) is 3.34. The van der Waals surface area contributed by atoms with Gasteiger partial charge in [-0.3, -0.25) is 14.6 Å². The summed E-state index contributed by atoms with van der Waals surface area (Å²) < 4.78 is 33.7.